The molecular weight excluding hydrogens is 743 g/mol. The number of hydrogen-bond acceptors (Lipinski definition) is 3. The SMILES string of the molecule is c1ccc(-c2ccc(N(c3ccc(-c4cccc5c4oc4ccccc45)cc3)c3ccc4c(oc5c6ccccc6ccc45)c3-c3cccc(-c4ccccc4)c3)cc2)cc1. The molecule has 0 aliphatic heterocycles. The van der Waals surface area contributed by atoms with Gasteiger partial charge >= 0.3 is 0 Å². The first kappa shape index (κ1) is 34.9. The van der Waals surface area contributed by atoms with Gasteiger partial charge in [-0.2, -0.15) is 0 Å². The zero-order valence-electron chi connectivity index (χ0n) is 33.1. The molecule has 0 atom stereocenters. The number of para-hydroxylation sites is 2. The van der Waals surface area contributed by atoms with E-state index in [0.29, 0.717) is 0 Å². The van der Waals surface area contributed by atoms with Crippen LogP contribution in [0.5, 0.6) is 0 Å². The molecule has 2 aromatic heterocycles. The third-order valence-electron chi connectivity index (χ3n) is 12.1. The summed E-state index contributed by atoms with van der Waals surface area (Å²) in [7, 11) is 0. The average Bonchev–Trinajstić information content (AvgIpc) is 3.92. The Morgan fingerprint density at radius 1 is 0.295 bits per heavy atom. The molecule has 0 spiro atoms. The van der Waals surface area contributed by atoms with Crippen molar-refractivity contribution in [2.24, 2.45) is 0 Å². The highest BCUT2D eigenvalue weighted by molar-refractivity contribution is 6.19. The van der Waals surface area contributed by atoms with Crippen LogP contribution in [0.2, 0.25) is 0 Å². The third kappa shape index (κ3) is 5.90. The minimum absolute atomic E-state index is 0.855. The van der Waals surface area contributed by atoms with Gasteiger partial charge in [-0.1, -0.05) is 170 Å². The Hall–Kier alpha value is -8.14. The lowest BCUT2D eigenvalue weighted by atomic mass is 9.95. The molecule has 0 saturated carbocycles. The number of anilines is 3. The van der Waals surface area contributed by atoms with Gasteiger partial charge in [0.2, 0.25) is 0 Å². The summed E-state index contributed by atoms with van der Waals surface area (Å²) in [4.78, 5) is 2.37. The molecule has 0 amide bonds. The van der Waals surface area contributed by atoms with Gasteiger partial charge in [0.25, 0.3) is 0 Å². The van der Waals surface area contributed by atoms with Crippen LogP contribution in [0.15, 0.2) is 233 Å². The summed E-state index contributed by atoms with van der Waals surface area (Å²) in [6, 6.07) is 79.8. The van der Waals surface area contributed by atoms with E-state index in [1.165, 1.54) is 5.56 Å². The van der Waals surface area contributed by atoms with Gasteiger partial charge in [-0.05, 0) is 93.4 Å². The van der Waals surface area contributed by atoms with Crippen molar-refractivity contribution >= 4 is 71.7 Å². The van der Waals surface area contributed by atoms with Crippen LogP contribution < -0.4 is 4.90 Å². The molecule has 0 N–H and O–H groups in total. The normalized spacial score (nSPS) is 11.6. The smallest absolute Gasteiger partial charge is 0.145 e. The predicted molar refractivity (Wildman–Crippen MR) is 255 cm³/mol. The summed E-state index contributed by atoms with van der Waals surface area (Å²) >= 11 is 0. The standard InChI is InChI=1S/C58H37NO2/c1-3-13-38(14-4-1)40-25-30-45(31-26-40)59(46-32-27-42(28-33-46)48-22-12-23-50-49-21-9-10-24-54(49)60-56(48)50)53-36-35-52-51-34-29-41-17-7-8-20-47(41)57(51)61-58(52)55(53)44-19-11-18-43(37-44)39-15-5-2-6-16-39/h1-37H. The summed E-state index contributed by atoms with van der Waals surface area (Å²) in [5.74, 6) is 0. The number of rotatable bonds is 7. The van der Waals surface area contributed by atoms with Crippen molar-refractivity contribution in [1.82, 2.24) is 0 Å². The van der Waals surface area contributed by atoms with Crippen molar-refractivity contribution in [1.29, 1.82) is 0 Å². The molecule has 12 aromatic rings. The van der Waals surface area contributed by atoms with Crippen LogP contribution in [-0.4, -0.2) is 0 Å². The highest BCUT2D eigenvalue weighted by atomic mass is 16.3. The lowest BCUT2D eigenvalue weighted by Crippen LogP contribution is -2.11. The van der Waals surface area contributed by atoms with Crippen LogP contribution in [0, 0.1) is 0 Å². The second kappa shape index (κ2) is 14.3. The Bertz CT molecular complexity index is 3560. The number of benzene rings is 10. The molecule has 12 rings (SSSR count). The van der Waals surface area contributed by atoms with E-state index in [9.17, 15) is 0 Å². The van der Waals surface area contributed by atoms with E-state index >= 15 is 0 Å². The summed E-state index contributed by atoms with van der Waals surface area (Å²) in [6.07, 6.45) is 0. The van der Waals surface area contributed by atoms with E-state index < -0.39 is 0 Å². The maximum atomic E-state index is 7.14. The van der Waals surface area contributed by atoms with E-state index in [-0.39, 0.29) is 0 Å². The first-order valence-electron chi connectivity index (χ1n) is 20.7. The Morgan fingerprint density at radius 2 is 0.836 bits per heavy atom. The lowest BCUT2D eigenvalue weighted by Gasteiger charge is -2.28. The van der Waals surface area contributed by atoms with Crippen molar-refractivity contribution < 1.29 is 8.83 Å². The number of furan rings is 2. The minimum Gasteiger partial charge on any atom is -0.455 e. The maximum Gasteiger partial charge on any atom is 0.145 e. The highest BCUT2D eigenvalue weighted by Crippen LogP contribution is 2.48. The first-order valence-corrected chi connectivity index (χ1v) is 20.7. The van der Waals surface area contributed by atoms with E-state index in [1.807, 2.05) is 12.1 Å². The maximum absolute atomic E-state index is 7.14. The van der Waals surface area contributed by atoms with Crippen LogP contribution >= 0.6 is 0 Å². The summed E-state index contributed by atoms with van der Waals surface area (Å²) in [5.41, 5.74) is 15.5. The molecular formula is C58H37NO2. The molecule has 0 unspecified atom stereocenters. The van der Waals surface area contributed by atoms with Gasteiger partial charge < -0.3 is 13.7 Å². The highest BCUT2D eigenvalue weighted by Gasteiger charge is 2.24. The van der Waals surface area contributed by atoms with E-state index in [2.05, 4.69) is 217 Å². The van der Waals surface area contributed by atoms with Gasteiger partial charge in [0, 0.05) is 49.4 Å². The quantitative estimate of drug-likeness (QED) is 0.161. The topological polar surface area (TPSA) is 29.5 Å². The van der Waals surface area contributed by atoms with Gasteiger partial charge in [0.1, 0.15) is 22.3 Å². The predicted octanol–water partition coefficient (Wildman–Crippen LogP) is 16.8. The largest absolute Gasteiger partial charge is 0.455 e. The third-order valence-corrected chi connectivity index (χ3v) is 12.1. The second-order valence-corrected chi connectivity index (χ2v) is 15.6. The molecule has 0 fully saturated rings. The fourth-order valence-corrected chi connectivity index (χ4v) is 9.13. The van der Waals surface area contributed by atoms with Gasteiger partial charge in [0.05, 0.1) is 5.69 Å². The number of hydrogen-bond donors (Lipinski definition) is 0. The van der Waals surface area contributed by atoms with Gasteiger partial charge in [0.15, 0.2) is 0 Å². The monoisotopic (exact) mass is 779 g/mol. The van der Waals surface area contributed by atoms with Gasteiger partial charge in [-0.15, -0.1) is 0 Å². The molecule has 0 aliphatic carbocycles. The molecule has 0 radical (unpaired) electrons. The molecule has 2 heterocycles. The van der Waals surface area contributed by atoms with Crippen molar-refractivity contribution in [3.63, 3.8) is 0 Å². The molecule has 0 aliphatic rings. The van der Waals surface area contributed by atoms with Crippen LogP contribution in [0.1, 0.15) is 0 Å². The summed E-state index contributed by atoms with van der Waals surface area (Å²) in [6.45, 7) is 0. The van der Waals surface area contributed by atoms with Crippen molar-refractivity contribution in [2.45, 2.75) is 0 Å². The van der Waals surface area contributed by atoms with Crippen LogP contribution in [0.4, 0.5) is 17.1 Å². The first-order chi connectivity index (χ1) is 30.2. The Kier molecular flexibility index (Phi) is 8.17. The second-order valence-electron chi connectivity index (χ2n) is 15.6. The van der Waals surface area contributed by atoms with Crippen LogP contribution in [0.25, 0.3) is 99.2 Å². The van der Waals surface area contributed by atoms with E-state index in [1.54, 1.807) is 0 Å². The van der Waals surface area contributed by atoms with Gasteiger partial charge in [-0.3, -0.25) is 0 Å². The fraction of sp³-hybridized carbons (Fsp3) is 0. The lowest BCUT2D eigenvalue weighted by molar-refractivity contribution is 0.670. The molecule has 3 nitrogen and oxygen atoms in total. The fourth-order valence-electron chi connectivity index (χ4n) is 9.13. The molecule has 3 heteroatoms. The Labute approximate surface area is 353 Å². The molecule has 61 heavy (non-hydrogen) atoms. The summed E-state index contributed by atoms with van der Waals surface area (Å²) in [5, 5.41) is 6.68. The van der Waals surface area contributed by atoms with Gasteiger partial charge in [-0.25, -0.2) is 0 Å². The van der Waals surface area contributed by atoms with Crippen molar-refractivity contribution in [3.05, 3.63) is 224 Å². The van der Waals surface area contributed by atoms with E-state index in [4.69, 9.17) is 8.83 Å². The zero-order chi connectivity index (χ0) is 40.3. The van der Waals surface area contributed by atoms with Crippen molar-refractivity contribution in [2.75, 3.05) is 4.90 Å². The van der Waals surface area contributed by atoms with E-state index in [0.717, 1.165) is 111 Å². The molecule has 10 aromatic carbocycles. The summed E-state index contributed by atoms with van der Waals surface area (Å²) < 4.78 is 13.6. The Morgan fingerprint density at radius 3 is 1.61 bits per heavy atom. The molecule has 286 valence electrons. The molecule has 0 saturated heterocycles. The average molecular weight is 780 g/mol. The minimum atomic E-state index is 0.855. The van der Waals surface area contributed by atoms with Crippen LogP contribution in [0.3, 0.4) is 0 Å². The number of nitrogens with zero attached hydrogens (tertiary/aromatic N) is 1. The van der Waals surface area contributed by atoms with Crippen LogP contribution in [-0.2, 0) is 0 Å². The zero-order valence-corrected chi connectivity index (χ0v) is 33.1. The Balaban J connectivity index is 1.09. The molecule has 0 bridgehead atoms. The van der Waals surface area contributed by atoms with Crippen molar-refractivity contribution in [3.8, 4) is 44.5 Å². The number of fused-ring (bicyclic) bond motifs is 8.